The number of unbranched alkanes of at least 4 members (excludes halogenated alkanes) is 3. The van der Waals surface area contributed by atoms with Crippen molar-refractivity contribution in [1.29, 1.82) is 0 Å². The minimum atomic E-state index is -0.675. The topological polar surface area (TPSA) is 57.5 Å². The molecule has 0 aliphatic heterocycles. The van der Waals surface area contributed by atoms with Crippen molar-refractivity contribution in [2.24, 2.45) is 0 Å². The Labute approximate surface area is 162 Å². The van der Waals surface area contributed by atoms with E-state index in [0.29, 0.717) is 18.4 Å². The Morgan fingerprint density at radius 2 is 1.89 bits per heavy atom. The molecule has 2 N–H and O–H groups in total. The molecule has 27 heavy (non-hydrogen) atoms. The Kier molecular flexibility index (Phi) is 12.1. The zero-order valence-corrected chi connectivity index (χ0v) is 16.4. The van der Waals surface area contributed by atoms with Gasteiger partial charge in [0.05, 0.1) is 6.10 Å². The van der Waals surface area contributed by atoms with E-state index >= 15 is 0 Å². The van der Waals surface area contributed by atoms with Gasteiger partial charge in [-0.05, 0) is 44.6 Å². The Morgan fingerprint density at radius 3 is 2.52 bits per heavy atom. The average molecular weight is 377 g/mol. The van der Waals surface area contributed by atoms with Gasteiger partial charge in [0.2, 0.25) is 0 Å². The number of aliphatic hydroxyl groups is 1. The lowest BCUT2D eigenvalue weighted by atomic mass is 10.1. The minimum Gasteiger partial charge on any atom is -0.481 e. The van der Waals surface area contributed by atoms with E-state index in [0.717, 1.165) is 19.3 Å². The highest BCUT2D eigenvalue weighted by Crippen LogP contribution is 2.24. The van der Waals surface area contributed by atoms with Crippen LogP contribution in [-0.4, -0.2) is 22.3 Å². The predicted molar refractivity (Wildman–Crippen MR) is 109 cm³/mol. The molecule has 1 aliphatic rings. The number of allylic oxidation sites excluding steroid dienone is 1. The quantitative estimate of drug-likeness (QED) is 0.402. The summed E-state index contributed by atoms with van der Waals surface area (Å²) in [5.41, 5.74) is 1.97. The fourth-order valence-corrected chi connectivity index (χ4v) is 2.93. The molecule has 1 unspecified atom stereocenters. The van der Waals surface area contributed by atoms with E-state index in [2.05, 4.69) is 13.0 Å². The molecule has 2 rings (SSSR count). The molecule has 0 heterocycles. The number of halogens is 1. The predicted octanol–water partition coefficient (Wildman–Crippen LogP) is 6.13. The average Bonchev–Trinajstić information content (AvgIpc) is 3.17. The first-order valence-electron chi connectivity index (χ1n) is 10.0. The van der Waals surface area contributed by atoms with Crippen LogP contribution in [0.2, 0.25) is 0 Å². The summed E-state index contributed by atoms with van der Waals surface area (Å²) < 4.78 is 13.3. The summed E-state index contributed by atoms with van der Waals surface area (Å²) in [6.07, 6.45) is 15.0. The molecule has 0 radical (unpaired) electrons. The van der Waals surface area contributed by atoms with E-state index in [9.17, 15) is 14.3 Å². The Morgan fingerprint density at radius 1 is 1.19 bits per heavy atom. The number of aliphatic carboxylic acids is 1. The van der Waals surface area contributed by atoms with Gasteiger partial charge in [-0.1, -0.05) is 68.2 Å². The monoisotopic (exact) mass is 376 g/mol. The van der Waals surface area contributed by atoms with E-state index < -0.39 is 12.1 Å². The summed E-state index contributed by atoms with van der Waals surface area (Å²) in [7, 11) is 0. The van der Waals surface area contributed by atoms with Gasteiger partial charge in [-0.3, -0.25) is 4.79 Å². The fraction of sp³-hybridized carbons (Fsp3) is 0.522. The first-order chi connectivity index (χ1) is 13.0. The molecular weight excluding hydrogens is 343 g/mol. The molecule has 1 atom stereocenters. The maximum Gasteiger partial charge on any atom is 0.303 e. The van der Waals surface area contributed by atoms with Crippen LogP contribution in [0.25, 0.3) is 6.08 Å². The van der Waals surface area contributed by atoms with Gasteiger partial charge in [0.1, 0.15) is 5.82 Å². The van der Waals surface area contributed by atoms with E-state index in [1.807, 2.05) is 0 Å². The van der Waals surface area contributed by atoms with Gasteiger partial charge in [-0.15, -0.1) is 0 Å². The van der Waals surface area contributed by atoms with Gasteiger partial charge < -0.3 is 10.2 Å². The Balaban J connectivity index is 0.000000345. The number of rotatable bonds is 9. The molecule has 0 saturated heterocycles. The van der Waals surface area contributed by atoms with E-state index in [4.69, 9.17) is 5.11 Å². The van der Waals surface area contributed by atoms with Crippen molar-refractivity contribution in [1.82, 2.24) is 0 Å². The highest BCUT2D eigenvalue weighted by Gasteiger charge is 2.06. The lowest BCUT2D eigenvalue weighted by molar-refractivity contribution is -0.137. The second-order valence-electron chi connectivity index (χ2n) is 6.96. The molecule has 1 aliphatic carbocycles. The van der Waals surface area contributed by atoms with Crippen molar-refractivity contribution >= 4 is 12.0 Å². The van der Waals surface area contributed by atoms with Crippen LogP contribution in [0.5, 0.6) is 0 Å². The number of carboxylic acid groups (broad SMARTS) is 1. The molecule has 1 aromatic carbocycles. The molecule has 4 heteroatoms. The largest absolute Gasteiger partial charge is 0.481 e. The molecule has 150 valence electrons. The van der Waals surface area contributed by atoms with Crippen LogP contribution in [0.3, 0.4) is 0 Å². The van der Waals surface area contributed by atoms with Gasteiger partial charge in [-0.2, -0.15) is 0 Å². The van der Waals surface area contributed by atoms with Gasteiger partial charge >= 0.3 is 5.97 Å². The maximum atomic E-state index is 13.3. The second-order valence-corrected chi connectivity index (χ2v) is 6.96. The van der Waals surface area contributed by atoms with Crippen LogP contribution in [0.1, 0.15) is 76.7 Å². The minimum absolute atomic E-state index is 0.255. The van der Waals surface area contributed by atoms with Crippen molar-refractivity contribution in [2.45, 2.75) is 77.2 Å². The molecule has 1 saturated carbocycles. The van der Waals surface area contributed by atoms with Crippen LogP contribution in [0.15, 0.2) is 42.0 Å². The summed E-state index contributed by atoms with van der Waals surface area (Å²) in [4.78, 5) is 9.96. The summed E-state index contributed by atoms with van der Waals surface area (Å²) >= 11 is 0. The van der Waals surface area contributed by atoms with Crippen molar-refractivity contribution in [3.63, 3.8) is 0 Å². The van der Waals surface area contributed by atoms with E-state index in [1.54, 1.807) is 30.4 Å². The zero-order chi connectivity index (χ0) is 19.9. The number of carboxylic acids is 1. The van der Waals surface area contributed by atoms with Gasteiger partial charge in [0.25, 0.3) is 0 Å². The smallest absolute Gasteiger partial charge is 0.303 e. The highest BCUT2D eigenvalue weighted by molar-refractivity contribution is 5.66. The summed E-state index contributed by atoms with van der Waals surface area (Å²) in [6, 6.07) is 6.57. The number of hydrogen-bond donors (Lipinski definition) is 2. The number of carbonyl (C=O) groups is 1. The van der Waals surface area contributed by atoms with Crippen LogP contribution in [0, 0.1) is 5.82 Å². The molecular formula is C23H33FO3. The number of benzene rings is 1. The first kappa shape index (κ1) is 23.1. The Bertz CT molecular complexity index is 599. The van der Waals surface area contributed by atoms with Gasteiger partial charge in [0, 0.05) is 12.0 Å². The molecule has 3 nitrogen and oxygen atoms in total. The lowest BCUT2D eigenvalue weighted by Gasteiger charge is -2.03. The lowest BCUT2D eigenvalue weighted by Crippen LogP contribution is -1.99. The summed E-state index contributed by atoms with van der Waals surface area (Å²) in [6.45, 7) is 2.11. The van der Waals surface area contributed by atoms with Crippen LogP contribution in [-0.2, 0) is 4.79 Å². The fourth-order valence-electron chi connectivity index (χ4n) is 2.93. The first-order valence-corrected chi connectivity index (χ1v) is 10.0. The normalized spacial score (nSPS) is 14.7. The van der Waals surface area contributed by atoms with Crippen molar-refractivity contribution in [3.8, 4) is 0 Å². The van der Waals surface area contributed by atoms with Crippen LogP contribution in [0.4, 0.5) is 4.39 Å². The molecule has 0 aromatic heterocycles. The standard InChI is InChI=1S/C16H19FO.C7H14O2/c17-16-8-4-3-7-14(16)10-12-15(18)11-9-13-5-1-2-6-13;1-2-3-4-5-6-7(8)9/h3-4,7-10,12,15,18H,1-2,5-6,11H2;2-6H2,1H3,(H,8,9)/b12-10+;. The molecule has 0 amide bonds. The maximum absolute atomic E-state index is 13.3. The zero-order valence-electron chi connectivity index (χ0n) is 16.4. The van der Waals surface area contributed by atoms with E-state index in [-0.39, 0.29) is 5.82 Å². The third-order valence-electron chi connectivity index (χ3n) is 4.54. The van der Waals surface area contributed by atoms with Gasteiger partial charge in [0.15, 0.2) is 0 Å². The van der Waals surface area contributed by atoms with Crippen molar-refractivity contribution in [3.05, 3.63) is 53.4 Å². The number of aliphatic hydroxyl groups excluding tert-OH is 1. The number of hydrogen-bond acceptors (Lipinski definition) is 2. The van der Waals surface area contributed by atoms with Crippen LogP contribution < -0.4 is 0 Å². The summed E-state index contributed by atoms with van der Waals surface area (Å²) in [5, 5.41) is 18.0. The Hall–Kier alpha value is -1.94. The highest BCUT2D eigenvalue weighted by atomic mass is 19.1. The van der Waals surface area contributed by atoms with Crippen molar-refractivity contribution < 1.29 is 19.4 Å². The summed E-state index contributed by atoms with van der Waals surface area (Å²) in [5.74, 6) is -0.929. The van der Waals surface area contributed by atoms with Gasteiger partial charge in [-0.25, -0.2) is 4.39 Å². The SMILES string of the molecule is CCCCCCC(=O)O.OC(/C=C/c1ccccc1F)CC=C1CCCC1. The third kappa shape index (κ3) is 11.4. The third-order valence-corrected chi connectivity index (χ3v) is 4.54. The molecule has 1 fully saturated rings. The molecule has 0 spiro atoms. The van der Waals surface area contributed by atoms with E-state index in [1.165, 1.54) is 43.7 Å². The molecule has 0 bridgehead atoms. The molecule has 1 aromatic rings. The van der Waals surface area contributed by atoms with Crippen LogP contribution >= 0.6 is 0 Å². The second kappa shape index (κ2) is 14.2. The van der Waals surface area contributed by atoms with Crippen molar-refractivity contribution in [2.75, 3.05) is 0 Å².